The zero-order chi connectivity index (χ0) is 9.10. The molecular formula is C8H10N4S. The number of nitrogens with one attached hydrogen (secondary N) is 1. The first-order valence-electron chi connectivity index (χ1n) is 4.04. The second kappa shape index (κ2) is 3.68. The van der Waals surface area contributed by atoms with Crippen molar-refractivity contribution in [3.8, 4) is 0 Å². The van der Waals surface area contributed by atoms with Crippen LogP contribution in [0.3, 0.4) is 0 Å². The van der Waals surface area contributed by atoms with Gasteiger partial charge in [0.05, 0.1) is 0 Å². The maximum Gasteiger partial charge on any atom is 0.224 e. The third kappa shape index (κ3) is 1.76. The average molecular weight is 194 g/mol. The molecule has 0 aromatic carbocycles. The molecular weight excluding hydrogens is 184 g/mol. The summed E-state index contributed by atoms with van der Waals surface area (Å²) in [4.78, 5) is 9.47. The molecule has 0 aliphatic carbocycles. The summed E-state index contributed by atoms with van der Waals surface area (Å²) in [7, 11) is 0. The van der Waals surface area contributed by atoms with Crippen molar-refractivity contribution >= 4 is 27.5 Å². The van der Waals surface area contributed by atoms with Crippen molar-refractivity contribution in [1.29, 1.82) is 0 Å². The van der Waals surface area contributed by atoms with E-state index in [1.165, 1.54) is 0 Å². The molecule has 2 aromatic heterocycles. The Hall–Kier alpha value is -1.20. The highest BCUT2D eigenvalue weighted by molar-refractivity contribution is 7.16. The minimum atomic E-state index is 0.589. The molecule has 2 aromatic rings. The Morgan fingerprint density at radius 1 is 1.54 bits per heavy atom. The van der Waals surface area contributed by atoms with Crippen LogP contribution in [0.25, 0.3) is 10.2 Å². The lowest BCUT2D eigenvalue weighted by molar-refractivity contribution is 0.997. The first kappa shape index (κ1) is 8.40. The van der Waals surface area contributed by atoms with Gasteiger partial charge in [-0.15, -0.1) is 11.3 Å². The normalized spacial score (nSPS) is 10.5. The van der Waals surface area contributed by atoms with Gasteiger partial charge in [-0.25, -0.2) is 9.97 Å². The summed E-state index contributed by atoms with van der Waals surface area (Å²) >= 11 is 1.61. The van der Waals surface area contributed by atoms with Gasteiger partial charge in [-0.05, 0) is 11.4 Å². The third-order valence-electron chi connectivity index (χ3n) is 1.64. The van der Waals surface area contributed by atoms with Gasteiger partial charge in [-0.3, -0.25) is 0 Å². The average Bonchev–Trinajstić information content (AvgIpc) is 2.61. The molecule has 0 spiro atoms. The Kier molecular flexibility index (Phi) is 2.37. The first-order chi connectivity index (χ1) is 6.40. The third-order valence-corrected chi connectivity index (χ3v) is 2.46. The second-order valence-corrected chi connectivity index (χ2v) is 3.48. The minimum absolute atomic E-state index is 0.589. The molecule has 0 saturated carbocycles. The van der Waals surface area contributed by atoms with Gasteiger partial charge in [0, 0.05) is 24.7 Å². The zero-order valence-corrected chi connectivity index (χ0v) is 7.84. The van der Waals surface area contributed by atoms with Crippen molar-refractivity contribution in [2.75, 3.05) is 18.4 Å². The fourth-order valence-electron chi connectivity index (χ4n) is 1.03. The van der Waals surface area contributed by atoms with Crippen LogP contribution >= 0.6 is 11.3 Å². The first-order valence-corrected chi connectivity index (χ1v) is 4.92. The lowest BCUT2D eigenvalue weighted by Gasteiger charge is -2.00. The molecule has 0 bridgehead atoms. The summed E-state index contributed by atoms with van der Waals surface area (Å²) in [5.41, 5.74) is 5.35. The van der Waals surface area contributed by atoms with E-state index in [-0.39, 0.29) is 0 Å². The summed E-state index contributed by atoms with van der Waals surface area (Å²) in [6.45, 7) is 1.29. The number of hydrogen-bond donors (Lipinski definition) is 2. The van der Waals surface area contributed by atoms with Gasteiger partial charge in [0.2, 0.25) is 5.95 Å². The molecule has 2 rings (SSSR count). The van der Waals surface area contributed by atoms with Crippen molar-refractivity contribution in [3.05, 3.63) is 17.6 Å². The predicted octanol–water partition coefficient (Wildman–Crippen LogP) is 1.06. The maximum absolute atomic E-state index is 5.35. The quantitative estimate of drug-likeness (QED) is 0.767. The number of nitrogens with two attached hydrogens (primary N) is 1. The molecule has 0 aliphatic heterocycles. The Balaban J connectivity index is 2.26. The number of thiophene rings is 1. The molecule has 4 nitrogen and oxygen atoms in total. The molecule has 13 heavy (non-hydrogen) atoms. The molecule has 0 fully saturated rings. The van der Waals surface area contributed by atoms with Crippen LogP contribution in [0.5, 0.6) is 0 Å². The number of aromatic nitrogens is 2. The molecule has 0 radical (unpaired) electrons. The number of hydrogen-bond acceptors (Lipinski definition) is 5. The number of anilines is 1. The lowest BCUT2D eigenvalue weighted by atomic mass is 10.4. The number of nitrogens with zero attached hydrogens (tertiary/aromatic N) is 2. The molecule has 0 atom stereocenters. The van der Waals surface area contributed by atoms with E-state index in [2.05, 4.69) is 15.3 Å². The fraction of sp³-hybridized carbons (Fsp3) is 0.250. The van der Waals surface area contributed by atoms with Gasteiger partial charge in [0.15, 0.2) is 0 Å². The van der Waals surface area contributed by atoms with Crippen molar-refractivity contribution in [1.82, 2.24) is 9.97 Å². The van der Waals surface area contributed by atoms with E-state index < -0.39 is 0 Å². The fourth-order valence-corrected chi connectivity index (χ4v) is 1.76. The standard InChI is InChI=1S/C8H10N4S/c9-2-3-10-8-11-5-6-1-4-13-7(6)12-8/h1,4-5H,2-3,9H2,(H,10,11,12). The lowest BCUT2D eigenvalue weighted by Crippen LogP contribution is -2.14. The Morgan fingerprint density at radius 3 is 3.31 bits per heavy atom. The van der Waals surface area contributed by atoms with E-state index in [1.54, 1.807) is 11.3 Å². The van der Waals surface area contributed by atoms with E-state index in [0.29, 0.717) is 19.0 Å². The van der Waals surface area contributed by atoms with Crippen LogP contribution in [-0.2, 0) is 0 Å². The van der Waals surface area contributed by atoms with Crippen LogP contribution in [0.15, 0.2) is 17.6 Å². The Labute approximate surface area is 79.8 Å². The van der Waals surface area contributed by atoms with Gasteiger partial charge < -0.3 is 11.1 Å². The minimum Gasteiger partial charge on any atom is -0.353 e. The molecule has 68 valence electrons. The molecule has 3 N–H and O–H groups in total. The summed E-state index contributed by atoms with van der Waals surface area (Å²) in [5.74, 6) is 0.653. The van der Waals surface area contributed by atoms with E-state index in [4.69, 9.17) is 5.73 Å². The van der Waals surface area contributed by atoms with Gasteiger partial charge in [0.1, 0.15) is 4.83 Å². The molecule has 0 unspecified atom stereocenters. The summed E-state index contributed by atoms with van der Waals surface area (Å²) < 4.78 is 0. The van der Waals surface area contributed by atoms with Crippen LogP contribution in [0, 0.1) is 0 Å². The monoisotopic (exact) mass is 194 g/mol. The number of fused-ring (bicyclic) bond motifs is 1. The highest BCUT2D eigenvalue weighted by atomic mass is 32.1. The van der Waals surface area contributed by atoms with E-state index in [1.807, 2.05) is 17.6 Å². The SMILES string of the molecule is NCCNc1ncc2ccsc2n1. The van der Waals surface area contributed by atoms with Crippen LogP contribution < -0.4 is 11.1 Å². The van der Waals surface area contributed by atoms with Gasteiger partial charge in [-0.2, -0.15) is 0 Å². The summed E-state index contributed by atoms with van der Waals surface area (Å²) in [6, 6.07) is 2.01. The Morgan fingerprint density at radius 2 is 2.46 bits per heavy atom. The largest absolute Gasteiger partial charge is 0.353 e. The van der Waals surface area contributed by atoms with Crippen LogP contribution in [0.2, 0.25) is 0 Å². The molecule has 2 heterocycles. The van der Waals surface area contributed by atoms with Gasteiger partial charge in [0.25, 0.3) is 0 Å². The topological polar surface area (TPSA) is 63.8 Å². The van der Waals surface area contributed by atoms with Gasteiger partial charge >= 0.3 is 0 Å². The van der Waals surface area contributed by atoms with Crippen molar-refractivity contribution in [2.24, 2.45) is 5.73 Å². The van der Waals surface area contributed by atoms with Gasteiger partial charge in [-0.1, -0.05) is 0 Å². The molecule has 5 heteroatoms. The smallest absolute Gasteiger partial charge is 0.224 e. The number of rotatable bonds is 3. The van der Waals surface area contributed by atoms with E-state index in [9.17, 15) is 0 Å². The molecule has 0 amide bonds. The van der Waals surface area contributed by atoms with Crippen molar-refractivity contribution < 1.29 is 0 Å². The predicted molar refractivity (Wildman–Crippen MR) is 55.0 cm³/mol. The van der Waals surface area contributed by atoms with Crippen molar-refractivity contribution in [2.45, 2.75) is 0 Å². The van der Waals surface area contributed by atoms with Crippen LogP contribution in [-0.4, -0.2) is 23.1 Å². The second-order valence-electron chi connectivity index (χ2n) is 2.59. The van der Waals surface area contributed by atoms with E-state index >= 15 is 0 Å². The summed E-state index contributed by atoms with van der Waals surface area (Å²) in [5, 5.41) is 6.13. The molecule has 0 aliphatic rings. The molecule has 0 saturated heterocycles. The maximum atomic E-state index is 5.35. The summed E-state index contributed by atoms with van der Waals surface area (Å²) in [6.07, 6.45) is 1.82. The van der Waals surface area contributed by atoms with Crippen LogP contribution in [0.1, 0.15) is 0 Å². The zero-order valence-electron chi connectivity index (χ0n) is 7.03. The highest BCUT2D eigenvalue weighted by Gasteiger charge is 1.98. The highest BCUT2D eigenvalue weighted by Crippen LogP contribution is 2.18. The van der Waals surface area contributed by atoms with Crippen molar-refractivity contribution in [3.63, 3.8) is 0 Å². The van der Waals surface area contributed by atoms with Crippen LogP contribution in [0.4, 0.5) is 5.95 Å². The van der Waals surface area contributed by atoms with E-state index in [0.717, 1.165) is 10.2 Å². The Bertz CT molecular complexity index is 398.